The maximum atomic E-state index is 11.8. The summed E-state index contributed by atoms with van der Waals surface area (Å²) in [5.74, 6) is 0. The first-order chi connectivity index (χ1) is 8.00. The highest BCUT2D eigenvalue weighted by Gasteiger charge is 2.05. The van der Waals surface area contributed by atoms with Crippen LogP contribution in [0.3, 0.4) is 0 Å². The van der Waals surface area contributed by atoms with Crippen molar-refractivity contribution in [2.45, 2.75) is 0 Å². The van der Waals surface area contributed by atoms with Crippen molar-refractivity contribution in [3.8, 4) is 5.69 Å². The van der Waals surface area contributed by atoms with E-state index in [-0.39, 0.29) is 5.56 Å². The zero-order chi connectivity index (χ0) is 12.6. The van der Waals surface area contributed by atoms with Crippen molar-refractivity contribution in [1.29, 1.82) is 0 Å². The number of aromatic nitrogens is 2. The SMILES string of the molecule is Cn1c(=O)ccn(-c2ccc(Cl)c(Cl)c2)c1=O. The first-order valence-electron chi connectivity index (χ1n) is 4.75. The second-order valence-corrected chi connectivity index (χ2v) is 4.28. The number of rotatable bonds is 1. The third-order valence-electron chi connectivity index (χ3n) is 2.37. The number of hydrogen-bond donors (Lipinski definition) is 0. The van der Waals surface area contributed by atoms with Crippen molar-refractivity contribution in [1.82, 2.24) is 9.13 Å². The summed E-state index contributed by atoms with van der Waals surface area (Å²) in [4.78, 5) is 23.1. The van der Waals surface area contributed by atoms with Gasteiger partial charge in [-0.15, -0.1) is 0 Å². The van der Waals surface area contributed by atoms with E-state index >= 15 is 0 Å². The molecule has 0 fully saturated rings. The summed E-state index contributed by atoms with van der Waals surface area (Å²) in [5, 5.41) is 0.762. The maximum Gasteiger partial charge on any atom is 0.335 e. The van der Waals surface area contributed by atoms with E-state index in [1.54, 1.807) is 18.2 Å². The van der Waals surface area contributed by atoms with E-state index in [0.717, 1.165) is 4.57 Å². The average molecular weight is 271 g/mol. The lowest BCUT2D eigenvalue weighted by molar-refractivity contribution is 0.728. The van der Waals surface area contributed by atoms with Gasteiger partial charge in [0.2, 0.25) is 0 Å². The van der Waals surface area contributed by atoms with Crippen molar-refractivity contribution in [2.24, 2.45) is 7.05 Å². The fourth-order valence-corrected chi connectivity index (χ4v) is 1.69. The number of hydrogen-bond acceptors (Lipinski definition) is 2. The molecule has 0 spiro atoms. The molecule has 1 aromatic heterocycles. The summed E-state index contributed by atoms with van der Waals surface area (Å²) in [6, 6.07) is 6.12. The van der Waals surface area contributed by atoms with Gasteiger partial charge in [-0.1, -0.05) is 23.2 Å². The van der Waals surface area contributed by atoms with Crippen LogP contribution in [0.1, 0.15) is 0 Å². The van der Waals surface area contributed by atoms with Crippen LogP contribution in [0.5, 0.6) is 0 Å². The molecule has 1 heterocycles. The molecule has 0 aliphatic rings. The molecule has 0 bridgehead atoms. The Kier molecular flexibility index (Phi) is 3.09. The van der Waals surface area contributed by atoms with Crippen LogP contribution < -0.4 is 11.2 Å². The fraction of sp³-hybridized carbons (Fsp3) is 0.0909. The van der Waals surface area contributed by atoms with E-state index in [4.69, 9.17) is 23.2 Å². The predicted octanol–water partition coefficient (Wildman–Crippen LogP) is 1.84. The van der Waals surface area contributed by atoms with Gasteiger partial charge in [-0.2, -0.15) is 0 Å². The Morgan fingerprint density at radius 1 is 1.06 bits per heavy atom. The normalized spacial score (nSPS) is 10.5. The lowest BCUT2D eigenvalue weighted by Crippen LogP contribution is -2.36. The highest BCUT2D eigenvalue weighted by atomic mass is 35.5. The molecule has 0 N–H and O–H groups in total. The summed E-state index contributed by atoms with van der Waals surface area (Å²) in [6.07, 6.45) is 1.41. The van der Waals surface area contributed by atoms with Gasteiger partial charge in [0.15, 0.2) is 0 Å². The molecule has 0 amide bonds. The minimum Gasteiger partial charge on any atom is -0.269 e. The maximum absolute atomic E-state index is 11.8. The quantitative estimate of drug-likeness (QED) is 0.794. The van der Waals surface area contributed by atoms with Gasteiger partial charge in [0, 0.05) is 19.3 Å². The molecule has 88 valence electrons. The molecular weight excluding hydrogens is 263 g/mol. The smallest absolute Gasteiger partial charge is 0.269 e. The van der Waals surface area contributed by atoms with E-state index in [1.807, 2.05) is 0 Å². The van der Waals surface area contributed by atoms with E-state index in [2.05, 4.69) is 0 Å². The van der Waals surface area contributed by atoms with Gasteiger partial charge in [-0.05, 0) is 18.2 Å². The van der Waals surface area contributed by atoms with E-state index in [1.165, 1.54) is 23.9 Å². The second-order valence-electron chi connectivity index (χ2n) is 3.46. The lowest BCUT2D eigenvalue weighted by atomic mass is 10.3. The highest BCUT2D eigenvalue weighted by molar-refractivity contribution is 6.42. The predicted molar refractivity (Wildman–Crippen MR) is 67.3 cm³/mol. The minimum atomic E-state index is -0.434. The van der Waals surface area contributed by atoms with Crippen molar-refractivity contribution in [3.63, 3.8) is 0 Å². The van der Waals surface area contributed by atoms with Gasteiger partial charge in [0.25, 0.3) is 5.56 Å². The fourth-order valence-electron chi connectivity index (χ4n) is 1.40. The number of benzene rings is 1. The Morgan fingerprint density at radius 2 is 1.76 bits per heavy atom. The molecule has 6 heteroatoms. The van der Waals surface area contributed by atoms with E-state index < -0.39 is 5.69 Å². The largest absolute Gasteiger partial charge is 0.335 e. The lowest BCUT2D eigenvalue weighted by Gasteiger charge is -2.07. The molecule has 0 aliphatic heterocycles. The van der Waals surface area contributed by atoms with Crippen LogP contribution >= 0.6 is 23.2 Å². The molecule has 2 aromatic rings. The minimum absolute atomic E-state index is 0.352. The molecular formula is C11H8Cl2N2O2. The van der Waals surface area contributed by atoms with Crippen LogP contribution in [-0.4, -0.2) is 9.13 Å². The Hall–Kier alpha value is -1.52. The zero-order valence-corrected chi connectivity index (χ0v) is 10.4. The topological polar surface area (TPSA) is 44.0 Å². The highest BCUT2D eigenvalue weighted by Crippen LogP contribution is 2.23. The van der Waals surface area contributed by atoms with Gasteiger partial charge < -0.3 is 0 Å². The molecule has 17 heavy (non-hydrogen) atoms. The molecule has 2 rings (SSSR count). The number of halogens is 2. The first kappa shape index (κ1) is 12.0. The van der Waals surface area contributed by atoms with Gasteiger partial charge in [-0.3, -0.25) is 13.9 Å². The molecule has 0 aliphatic carbocycles. The van der Waals surface area contributed by atoms with Crippen molar-refractivity contribution < 1.29 is 0 Å². The van der Waals surface area contributed by atoms with Crippen LogP contribution in [0.4, 0.5) is 0 Å². The summed E-state index contributed by atoms with van der Waals surface area (Å²) >= 11 is 11.7. The Labute approximate surface area is 107 Å². The molecule has 0 radical (unpaired) electrons. The van der Waals surface area contributed by atoms with Crippen molar-refractivity contribution in [3.05, 3.63) is 61.3 Å². The number of nitrogens with zero attached hydrogens (tertiary/aromatic N) is 2. The molecule has 0 saturated heterocycles. The summed E-state index contributed by atoms with van der Waals surface area (Å²) in [7, 11) is 1.42. The average Bonchev–Trinajstić information content (AvgIpc) is 2.30. The molecule has 0 atom stereocenters. The molecule has 4 nitrogen and oxygen atoms in total. The van der Waals surface area contributed by atoms with Crippen LogP contribution in [-0.2, 0) is 7.05 Å². The first-order valence-corrected chi connectivity index (χ1v) is 5.50. The molecule has 1 aromatic carbocycles. The zero-order valence-electron chi connectivity index (χ0n) is 8.85. The standard InChI is InChI=1S/C11H8Cl2N2O2/c1-14-10(16)4-5-15(11(14)17)7-2-3-8(12)9(13)6-7/h2-6H,1H3. The summed E-state index contributed by atoms with van der Waals surface area (Å²) in [5.41, 5.74) is -0.234. The van der Waals surface area contributed by atoms with Crippen molar-refractivity contribution >= 4 is 23.2 Å². The second kappa shape index (κ2) is 4.39. The van der Waals surface area contributed by atoms with Gasteiger partial charge in [0.1, 0.15) is 0 Å². The Morgan fingerprint density at radius 3 is 2.41 bits per heavy atom. The summed E-state index contributed by atoms with van der Waals surface area (Å²) in [6.45, 7) is 0. The van der Waals surface area contributed by atoms with Crippen LogP contribution in [0, 0.1) is 0 Å². The van der Waals surface area contributed by atoms with Crippen LogP contribution in [0.2, 0.25) is 10.0 Å². The van der Waals surface area contributed by atoms with Crippen LogP contribution in [0.15, 0.2) is 40.1 Å². The molecule has 0 unspecified atom stereocenters. The van der Waals surface area contributed by atoms with Gasteiger partial charge in [-0.25, -0.2) is 4.79 Å². The molecule has 0 saturated carbocycles. The Balaban J connectivity index is 2.69. The van der Waals surface area contributed by atoms with Gasteiger partial charge >= 0.3 is 5.69 Å². The van der Waals surface area contributed by atoms with Crippen LogP contribution in [0.25, 0.3) is 5.69 Å². The third-order valence-corrected chi connectivity index (χ3v) is 3.11. The third kappa shape index (κ3) is 2.14. The monoisotopic (exact) mass is 270 g/mol. The van der Waals surface area contributed by atoms with Crippen molar-refractivity contribution in [2.75, 3.05) is 0 Å². The summed E-state index contributed by atoms with van der Waals surface area (Å²) < 4.78 is 2.34. The van der Waals surface area contributed by atoms with Gasteiger partial charge in [0.05, 0.1) is 15.7 Å². The van der Waals surface area contributed by atoms with E-state index in [0.29, 0.717) is 15.7 Å². The Bertz CT molecular complexity index is 689. The van der Waals surface area contributed by atoms with E-state index in [9.17, 15) is 9.59 Å².